The third kappa shape index (κ3) is 5.40. The van der Waals surface area contributed by atoms with Gasteiger partial charge < -0.3 is 18.9 Å². The summed E-state index contributed by atoms with van der Waals surface area (Å²) in [6.45, 7) is 2.91. The topological polar surface area (TPSA) is 112 Å². The molecule has 30 heavy (non-hydrogen) atoms. The van der Waals surface area contributed by atoms with Gasteiger partial charge >= 0.3 is 5.97 Å². The molecule has 0 aromatic heterocycles. The van der Waals surface area contributed by atoms with Gasteiger partial charge in [0.05, 0.1) is 0 Å². The Labute approximate surface area is 173 Å². The summed E-state index contributed by atoms with van der Waals surface area (Å²) in [6, 6.07) is 12.4. The Bertz CT molecular complexity index is 945. The minimum atomic E-state index is -0.922. The van der Waals surface area contributed by atoms with Crippen LogP contribution >= 0.6 is 0 Å². The molecule has 2 aromatic rings. The van der Waals surface area contributed by atoms with E-state index in [4.69, 9.17) is 18.9 Å². The summed E-state index contributed by atoms with van der Waals surface area (Å²) in [5.74, 6) is -0.463. The van der Waals surface area contributed by atoms with Gasteiger partial charge in [-0.1, -0.05) is 24.3 Å². The molecule has 0 radical (unpaired) electrons. The van der Waals surface area contributed by atoms with Crippen molar-refractivity contribution in [3.8, 4) is 17.2 Å². The minimum Gasteiger partial charge on any atom is -0.485 e. The zero-order chi connectivity index (χ0) is 21.5. The Morgan fingerprint density at radius 2 is 1.77 bits per heavy atom. The van der Waals surface area contributed by atoms with Crippen molar-refractivity contribution in [2.24, 2.45) is 0 Å². The molecule has 158 valence electrons. The number of carbonyl (C=O) groups is 3. The van der Waals surface area contributed by atoms with Crippen LogP contribution in [0.2, 0.25) is 0 Å². The molecule has 2 N–H and O–H groups in total. The Hall–Kier alpha value is -3.75. The normalized spacial score (nSPS) is 14.4. The van der Waals surface area contributed by atoms with Crippen LogP contribution in [0.5, 0.6) is 17.2 Å². The van der Waals surface area contributed by atoms with E-state index in [0.29, 0.717) is 17.2 Å². The van der Waals surface area contributed by atoms with Crippen LogP contribution < -0.4 is 25.1 Å². The highest BCUT2D eigenvalue weighted by Gasteiger charge is 2.27. The second-order valence-corrected chi connectivity index (χ2v) is 6.55. The second kappa shape index (κ2) is 9.64. The monoisotopic (exact) mass is 414 g/mol. The second-order valence-electron chi connectivity index (χ2n) is 6.55. The molecule has 9 heteroatoms. The number of amides is 2. The van der Waals surface area contributed by atoms with E-state index in [-0.39, 0.29) is 13.2 Å². The van der Waals surface area contributed by atoms with E-state index in [1.54, 1.807) is 30.3 Å². The third-order valence-corrected chi connectivity index (χ3v) is 4.39. The molecular weight excluding hydrogens is 392 g/mol. The zero-order valence-corrected chi connectivity index (χ0v) is 16.6. The highest BCUT2D eigenvalue weighted by molar-refractivity contribution is 5.86. The molecule has 1 atom stereocenters. The highest BCUT2D eigenvalue weighted by Crippen LogP contribution is 2.30. The molecule has 0 spiro atoms. The summed E-state index contributed by atoms with van der Waals surface area (Å²) in [6.07, 6.45) is -0.922. The highest BCUT2D eigenvalue weighted by atomic mass is 16.6. The predicted octanol–water partition coefficient (Wildman–Crippen LogP) is 1.21. The van der Waals surface area contributed by atoms with Gasteiger partial charge in [-0.2, -0.15) is 0 Å². The number of carbonyl (C=O) groups excluding carboxylic acids is 3. The number of para-hydroxylation sites is 2. The van der Waals surface area contributed by atoms with E-state index < -0.39 is 30.5 Å². The molecule has 0 saturated heterocycles. The Balaban J connectivity index is 1.36. The van der Waals surface area contributed by atoms with Crippen LogP contribution in [0.3, 0.4) is 0 Å². The quantitative estimate of drug-likeness (QED) is 0.540. The fraction of sp³-hybridized carbons (Fsp3) is 0.286. The van der Waals surface area contributed by atoms with Crippen LogP contribution in [0.15, 0.2) is 42.5 Å². The largest absolute Gasteiger partial charge is 0.485 e. The lowest BCUT2D eigenvalue weighted by Gasteiger charge is -2.25. The van der Waals surface area contributed by atoms with Crippen molar-refractivity contribution in [1.82, 2.24) is 10.9 Å². The van der Waals surface area contributed by atoms with E-state index >= 15 is 0 Å². The van der Waals surface area contributed by atoms with Crippen molar-refractivity contribution >= 4 is 17.8 Å². The minimum absolute atomic E-state index is 0.00339. The molecule has 3 rings (SSSR count). The molecule has 0 aliphatic carbocycles. The smallest absolute Gasteiger partial charge is 0.344 e. The summed E-state index contributed by atoms with van der Waals surface area (Å²) < 4.78 is 21.2. The summed E-state index contributed by atoms with van der Waals surface area (Å²) in [5, 5.41) is 0. The maximum Gasteiger partial charge on any atom is 0.344 e. The molecule has 0 bridgehead atoms. The number of esters is 1. The van der Waals surface area contributed by atoms with Crippen molar-refractivity contribution in [3.63, 3.8) is 0 Å². The molecule has 2 amide bonds. The molecular formula is C21H22N2O7. The van der Waals surface area contributed by atoms with Crippen LogP contribution in [-0.2, 0) is 19.1 Å². The molecule has 1 heterocycles. The summed E-state index contributed by atoms with van der Waals surface area (Å²) in [5.41, 5.74) is 6.32. The molecule has 1 aliphatic heterocycles. The van der Waals surface area contributed by atoms with E-state index in [1.807, 2.05) is 26.0 Å². The van der Waals surface area contributed by atoms with Crippen molar-refractivity contribution in [3.05, 3.63) is 53.6 Å². The number of hydrogen-bond acceptors (Lipinski definition) is 7. The van der Waals surface area contributed by atoms with Crippen molar-refractivity contribution < 1.29 is 33.3 Å². The van der Waals surface area contributed by atoms with E-state index in [1.165, 1.54) is 0 Å². The van der Waals surface area contributed by atoms with Crippen LogP contribution in [0.1, 0.15) is 11.1 Å². The average molecular weight is 414 g/mol. The summed E-state index contributed by atoms with van der Waals surface area (Å²) in [7, 11) is 0. The number of rotatable bonds is 6. The number of hydrogen-bond donors (Lipinski definition) is 2. The first-order valence-electron chi connectivity index (χ1n) is 9.26. The van der Waals surface area contributed by atoms with Crippen LogP contribution in [0.4, 0.5) is 0 Å². The third-order valence-electron chi connectivity index (χ3n) is 4.39. The van der Waals surface area contributed by atoms with Gasteiger partial charge in [0.1, 0.15) is 12.4 Å². The lowest BCUT2D eigenvalue weighted by Crippen LogP contribution is -2.51. The maximum absolute atomic E-state index is 12.1. The number of aryl methyl sites for hydroxylation is 1. The number of fused-ring (bicyclic) bond motifs is 1. The number of benzene rings is 2. The zero-order valence-electron chi connectivity index (χ0n) is 16.6. The van der Waals surface area contributed by atoms with Gasteiger partial charge in [-0.3, -0.25) is 20.4 Å². The van der Waals surface area contributed by atoms with E-state index in [0.717, 1.165) is 11.1 Å². The molecule has 0 fully saturated rings. The molecule has 0 saturated carbocycles. The SMILES string of the molecule is Cc1cccc(OCC(=O)OCC(=O)NNC(=O)[C@@H]2COc3ccccc3O2)c1C. The van der Waals surface area contributed by atoms with E-state index in [9.17, 15) is 14.4 Å². The molecule has 1 aliphatic rings. The number of ether oxygens (including phenoxy) is 4. The average Bonchev–Trinajstić information content (AvgIpc) is 2.76. The van der Waals surface area contributed by atoms with Gasteiger partial charge in [0.15, 0.2) is 24.7 Å². The number of hydrazine groups is 1. The Morgan fingerprint density at radius 1 is 1.00 bits per heavy atom. The van der Waals surface area contributed by atoms with Crippen molar-refractivity contribution in [2.75, 3.05) is 19.8 Å². The number of nitrogens with one attached hydrogen (secondary N) is 2. The van der Waals surface area contributed by atoms with Crippen LogP contribution in [-0.4, -0.2) is 43.7 Å². The fourth-order valence-corrected chi connectivity index (χ4v) is 2.60. The molecule has 9 nitrogen and oxygen atoms in total. The first-order valence-corrected chi connectivity index (χ1v) is 9.26. The Kier molecular flexibility index (Phi) is 6.74. The maximum atomic E-state index is 12.1. The first kappa shape index (κ1) is 21.0. The summed E-state index contributed by atoms with van der Waals surface area (Å²) >= 11 is 0. The standard InChI is InChI=1S/C21H22N2O7/c1-13-6-5-9-15(14(13)2)28-12-20(25)29-11-19(24)22-23-21(26)18-10-27-16-7-3-4-8-17(16)30-18/h3-9,18H,10-12H2,1-2H3,(H,22,24)(H,23,26)/t18-/m0/s1. The summed E-state index contributed by atoms with van der Waals surface area (Å²) in [4.78, 5) is 35.7. The van der Waals surface area contributed by atoms with E-state index in [2.05, 4.69) is 10.9 Å². The lowest BCUT2D eigenvalue weighted by atomic mass is 10.1. The predicted molar refractivity (Wildman–Crippen MR) is 105 cm³/mol. The van der Waals surface area contributed by atoms with Crippen LogP contribution in [0, 0.1) is 13.8 Å². The lowest BCUT2D eigenvalue weighted by molar-refractivity contribution is -0.151. The Morgan fingerprint density at radius 3 is 2.57 bits per heavy atom. The first-order chi connectivity index (χ1) is 14.4. The van der Waals surface area contributed by atoms with Crippen molar-refractivity contribution in [1.29, 1.82) is 0 Å². The van der Waals surface area contributed by atoms with Gasteiger partial charge in [0.25, 0.3) is 11.8 Å². The van der Waals surface area contributed by atoms with Gasteiger partial charge in [-0.25, -0.2) is 4.79 Å². The van der Waals surface area contributed by atoms with Gasteiger partial charge in [0, 0.05) is 0 Å². The van der Waals surface area contributed by atoms with Gasteiger partial charge in [0.2, 0.25) is 6.10 Å². The molecule has 2 aromatic carbocycles. The van der Waals surface area contributed by atoms with Gasteiger partial charge in [-0.05, 0) is 43.2 Å². The van der Waals surface area contributed by atoms with Crippen molar-refractivity contribution in [2.45, 2.75) is 20.0 Å². The molecule has 0 unspecified atom stereocenters. The fourth-order valence-electron chi connectivity index (χ4n) is 2.60. The van der Waals surface area contributed by atoms with Gasteiger partial charge in [-0.15, -0.1) is 0 Å². The van der Waals surface area contributed by atoms with Crippen LogP contribution in [0.25, 0.3) is 0 Å².